The largest absolute Gasteiger partial charge is 0.391 e. The number of rotatable bonds is 1. The average Bonchev–Trinajstić information content (AvgIpc) is 2.34. The lowest BCUT2D eigenvalue weighted by atomic mass is 10.0. The summed E-state index contributed by atoms with van der Waals surface area (Å²) in [6, 6.07) is 0. The van der Waals surface area contributed by atoms with Gasteiger partial charge in [-0.2, -0.15) is 5.10 Å². The Bertz CT molecular complexity index is 524. The second-order valence-corrected chi connectivity index (χ2v) is 4.69. The van der Waals surface area contributed by atoms with Gasteiger partial charge in [0.05, 0.1) is 11.8 Å². The number of carbonyl (C=O) groups excluding carboxylic acids is 1. The number of H-pyrrole nitrogens is 1. The minimum atomic E-state index is -0.495. The number of aliphatic hydroxyl groups is 1. The monoisotopic (exact) mass is 251 g/mol. The van der Waals surface area contributed by atoms with Gasteiger partial charge in [-0.25, -0.2) is 5.10 Å². The van der Waals surface area contributed by atoms with E-state index in [-0.39, 0.29) is 11.5 Å². The molecule has 1 amide bonds. The highest BCUT2D eigenvalue weighted by Crippen LogP contribution is 2.14. The third-order valence-corrected chi connectivity index (χ3v) is 3.37. The zero-order valence-corrected chi connectivity index (χ0v) is 10.6. The van der Waals surface area contributed by atoms with E-state index in [1.807, 2.05) is 0 Å². The molecular weight excluding hydrogens is 234 g/mol. The summed E-state index contributed by atoms with van der Waals surface area (Å²) >= 11 is 0. The zero-order valence-electron chi connectivity index (χ0n) is 10.6. The first kappa shape index (κ1) is 12.8. The lowest BCUT2D eigenvalue weighted by Crippen LogP contribution is -2.44. The summed E-state index contributed by atoms with van der Waals surface area (Å²) in [5.41, 5.74) is 0.902. The Morgan fingerprint density at radius 1 is 1.50 bits per heavy atom. The van der Waals surface area contributed by atoms with Crippen molar-refractivity contribution < 1.29 is 9.90 Å². The standard InChI is InChI=1S/C12H17N3O3/c1-7-8(2)13-14-11(17)10(7)12(18)15-5-3-4-9(16)6-15/h9,16H,3-6H2,1-2H3,(H,14,17)/t9-/m0/s1. The molecule has 0 aromatic carbocycles. The average molecular weight is 251 g/mol. The lowest BCUT2D eigenvalue weighted by molar-refractivity contribution is 0.0471. The number of aryl methyl sites for hydroxylation is 1. The molecule has 98 valence electrons. The smallest absolute Gasteiger partial charge is 0.277 e. The molecule has 1 aliphatic rings. The number of aliphatic hydroxyl groups excluding tert-OH is 1. The van der Waals surface area contributed by atoms with Crippen molar-refractivity contribution >= 4 is 5.91 Å². The van der Waals surface area contributed by atoms with E-state index < -0.39 is 11.7 Å². The molecule has 2 heterocycles. The molecule has 2 N–H and O–H groups in total. The summed E-state index contributed by atoms with van der Waals surface area (Å²) in [7, 11) is 0. The van der Waals surface area contributed by atoms with Crippen molar-refractivity contribution in [1.82, 2.24) is 15.1 Å². The molecule has 6 nitrogen and oxygen atoms in total. The van der Waals surface area contributed by atoms with E-state index in [1.54, 1.807) is 13.8 Å². The molecule has 0 saturated carbocycles. The van der Waals surface area contributed by atoms with Gasteiger partial charge in [-0.3, -0.25) is 9.59 Å². The fourth-order valence-corrected chi connectivity index (χ4v) is 2.18. The van der Waals surface area contributed by atoms with Crippen LogP contribution in [0.3, 0.4) is 0 Å². The van der Waals surface area contributed by atoms with Crippen LogP contribution in [-0.4, -0.2) is 45.3 Å². The molecule has 0 radical (unpaired) electrons. The molecule has 0 unspecified atom stereocenters. The van der Waals surface area contributed by atoms with Crippen molar-refractivity contribution in [3.63, 3.8) is 0 Å². The maximum atomic E-state index is 12.3. The molecule has 18 heavy (non-hydrogen) atoms. The second kappa shape index (κ2) is 4.89. The first-order valence-corrected chi connectivity index (χ1v) is 6.04. The summed E-state index contributed by atoms with van der Waals surface area (Å²) in [5.74, 6) is -0.321. The van der Waals surface area contributed by atoms with Crippen molar-refractivity contribution in [1.29, 1.82) is 0 Å². The van der Waals surface area contributed by atoms with E-state index in [9.17, 15) is 14.7 Å². The highest BCUT2D eigenvalue weighted by molar-refractivity contribution is 5.95. The Hall–Kier alpha value is -1.69. The second-order valence-electron chi connectivity index (χ2n) is 4.69. The van der Waals surface area contributed by atoms with Crippen molar-refractivity contribution in [2.75, 3.05) is 13.1 Å². The van der Waals surface area contributed by atoms with Crippen LogP contribution in [0.4, 0.5) is 0 Å². The third-order valence-electron chi connectivity index (χ3n) is 3.37. The number of β-amino-alcohol motifs (C(OH)–C–C–N with tert-alkyl or cyclic N) is 1. The number of carbonyl (C=O) groups is 1. The molecule has 1 atom stereocenters. The van der Waals surface area contributed by atoms with Gasteiger partial charge in [-0.1, -0.05) is 0 Å². The van der Waals surface area contributed by atoms with E-state index in [1.165, 1.54) is 4.90 Å². The normalized spacial score (nSPS) is 19.9. The van der Waals surface area contributed by atoms with Crippen molar-refractivity contribution in [2.45, 2.75) is 32.8 Å². The first-order valence-electron chi connectivity index (χ1n) is 6.04. The number of hydrogen-bond donors (Lipinski definition) is 2. The molecule has 1 saturated heterocycles. The lowest BCUT2D eigenvalue weighted by Gasteiger charge is -2.30. The highest BCUT2D eigenvalue weighted by atomic mass is 16.3. The fourth-order valence-electron chi connectivity index (χ4n) is 2.18. The van der Waals surface area contributed by atoms with Gasteiger partial charge in [0.25, 0.3) is 11.5 Å². The van der Waals surface area contributed by atoms with Gasteiger partial charge in [0.1, 0.15) is 5.56 Å². The van der Waals surface area contributed by atoms with Gasteiger partial charge in [-0.05, 0) is 32.3 Å². The van der Waals surface area contributed by atoms with Crippen LogP contribution in [0.1, 0.15) is 34.5 Å². The van der Waals surface area contributed by atoms with Gasteiger partial charge in [-0.15, -0.1) is 0 Å². The predicted octanol–water partition coefficient (Wildman–Crippen LogP) is -0.0164. The van der Waals surface area contributed by atoms with Crippen LogP contribution in [0.15, 0.2) is 4.79 Å². The van der Waals surface area contributed by atoms with E-state index >= 15 is 0 Å². The molecular formula is C12H17N3O3. The minimum absolute atomic E-state index is 0.136. The fraction of sp³-hybridized carbons (Fsp3) is 0.583. The number of hydrogen-bond acceptors (Lipinski definition) is 4. The number of nitrogens with zero attached hydrogens (tertiary/aromatic N) is 2. The predicted molar refractivity (Wildman–Crippen MR) is 65.5 cm³/mol. The summed E-state index contributed by atoms with van der Waals surface area (Å²) in [5, 5.41) is 15.7. The number of aromatic nitrogens is 2. The van der Waals surface area contributed by atoms with Crippen LogP contribution in [0.25, 0.3) is 0 Å². The van der Waals surface area contributed by atoms with Gasteiger partial charge in [0.2, 0.25) is 0 Å². The summed E-state index contributed by atoms with van der Waals surface area (Å²) in [6.45, 7) is 4.33. The van der Waals surface area contributed by atoms with Gasteiger partial charge in [0, 0.05) is 13.1 Å². The SMILES string of the molecule is Cc1n[nH]c(=O)c(C(=O)N2CCC[C@H](O)C2)c1C. The van der Waals surface area contributed by atoms with Crippen molar-refractivity contribution in [2.24, 2.45) is 0 Å². The Kier molecular flexibility index (Phi) is 3.47. The molecule has 0 spiro atoms. The van der Waals surface area contributed by atoms with Crippen molar-refractivity contribution in [3.8, 4) is 0 Å². The minimum Gasteiger partial charge on any atom is -0.391 e. The van der Waals surface area contributed by atoms with Crippen LogP contribution >= 0.6 is 0 Å². The zero-order chi connectivity index (χ0) is 13.3. The van der Waals surface area contributed by atoms with Gasteiger partial charge >= 0.3 is 0 Å². The Morgan fingerprint density at radius 3 is 2.89 bits per heavy atom. The Labute approximate surface area is 105 Å². The first-order chi connectivity index (χ1) is 8.50. The Morgan fingerprint density at radius 2 is 2.22 bits per heavy atom. The van der Waals surface area contributed by atoms with Crippen LogP contribution in [0, 0.1) is 13.8 Å². The van der Waals surface area contributed by atoms with Gasteiger partial charge < -0.3 is 10.0 Å². The van der Waals surface area contributed by atoms with E-state index in [0.29, 0.717) is 30.8 Å². The maximum Gasteiger partial charge on any atom is 0.277 e. The number of piperidine rings is 1. The van der Waals surface area contributed by atoms with Crippen LogP contribution in [0.2, 0.25) is 0 Å². The number of aromatic amines is 1. The van der Waals surface area contributed by atoms with Crippen molar-refractivity contribution in [3.05, 3.63) is 27.2 Å². The third kappa shape index (κ3) is 2.28. The summed E-state index contributed by atoms with van der Waals surface area (Å²) in [4.78, 5) is 25.6. The van der Waals surface area contributed by atoms with Crippen LogP contribution in [-0.2, 0) is 0 Å². The Balaban J connectivity index is 2.34. The number of nitrogens with one attached hydrogen (secondary N) is 1. The molecule has 1 fully saturated rings. The molecule has 6 heteroatoms. The van der Waals surface area contributed by atoms with E-state index in [2.05, 4.69) is 10.2 Å². The van der Waals surface area contributed by atoms with Gasteiger partial charge in [0.15, 0.2) is 0 Å². The molecule has 2 rings (SSSR count). The molecule has 0 aliphatic carbocycles. The molecule has 1 aromatic rings. The van der Waals surface area contributed by atoms with Crippen LogP contribution < -0.4 is 5.56 Å². The molecule has 1 aromatic heterocycles. The van der Waals surface area contributed by atoms with E-state index in [4.69, 9.17) is 0 Å². The van der Waals surface area contributed by atoms with E-state index in [0.717, 1.165) is 6.42 Å². The topological polar surface area (TPSA) is 86.3 Å². The number of amides is 1. The summed E-state index contributed by atoms with van der Waals surface area (Å²) < 4.78 is 0. The quantitative estimate of drug-likeness (QED) is 0.734. The summed E-state index contributed by atoms with van der Waals surface area (Å²) in [6.07, 6.45) is 0.965. The van der Waals surface area contributed by atoms with Crippen LogP contribution in [0.5, 0.6) is 0 Å². The molecule has 0 bridgehead atoms. The highest BCUT2D eigenvalue weighted by Gasteiger charge is 2.26. The number of likely N-dealkylation sites (tertiary alicyclic amines) is 1. The maximum absolute atomic E-state index is 12.3. The molecule has 1 aliphatic heterocycles.